The summed E-state index contributed by atoms with van der Waals surface area (Å²) in [6, 6.07) is -0.00245. The molecule has 1 aliphatic heterocycles. The Labute approximate surface area is 183 Å². The van der Waals surface area contributed by atoms with E-state index in [1.807, 2.05) is 6.92 Å². The van der Waals surface area contributed by atoms with Gasteiger partial charge in [0.25, 0.3) is 0 Å². The number of carbonyl (C=O) groups excluding carboxylic acids is 1. The third-order valence-electron chi connectivity index (χ3n) is 3.43. The van der Waals surface area contributed by atoms with E-state index >= 15 is 0 Å². The number of aromatic nitrogens is 1. The van der Waals surface area contributed by atoms with E-state index < -0.39 is 17.5 Å². The molecule has 1 aromatic rings. The Hall–Kier alpha value is -1.31. The van der Waals surface area contributed by atoms with Crippen LogP contribution in [-0.4, -0.2) is 53.2 Å². The highest BCUT2D eigenvalue weighted by molar-refractivity contribution is 14.0. The van der Waals surface area contributed by atoms with Gasteiger partial charge in [0, 0.05) is 25.0 Å². The van der Waals surface area contributed by atoms with Crippen molar-refractivity contribution in [2.24, 2.45) is 4.99 Å². The van der Waals surface area contributed by atoms with Crippen LogP contribution in [0.1, 0.15) is 38.4 Å². The molecule has 2 heterocycles. The van der Waals surface area contributed by atoms with Gasteiger partial charge in [0.1, 0.15) is 10.6 Å². The van der Waals surface area contributed by atoms with Gasteiger partial charge in [0.15, 0.2) is 11.7 Å². The number of aliphatic imine (C=N–C) groups is 1. The highest BCUT2D eigenvalue weighted by atomic mass is 127. The average molecular weight is 535 g/mol. The maximum Gasteiger partial charge on any atom is 0.434 e. The summed E-state index contributed by atoms with van der Waals surface area (Å²) in [5.41, 5.74) is -1.45. The molecule has 2 N–H and O–H groups in total. The van der Waals surface area contributed by atoms with Gasteiger partial charge >= 0.3 is 12.3 Å². The van der Waals surface area contributed by atoms with E-state index in [2.05, 4.69) is 20.6 Å². The third kappa shape index (κ3) is 7.60. The van der Waals surface area contributed by atoms with Crippen molar-refractivity contribution in [1.82, 2.24) is 20.5 Å². The van der Waals surface area contributed by atoms with Crippen LogP contribution in [0.25, 0.3) is 0 Å². The number of amides is 1. The minimum Gasteiger partial charge on any atom is -0.444 e. The Bertz CT molecular complexity index is 685. The van der Waals surface area contributed by atoms with Gasteiger partial charge < -0.3 is 20.3 Å². The minimum absolute atomic E-state index is 0. The number of nitrogens with one attached hydrogen (secondary N) is 2. The summed E-state index contributed by atoms with van der Waals surface area (Å²) in [4.78, 5) is 21.3. The number of carbonyl (C=O) groups is 1. The van der Waals surface area contributed by atoms with Crippen molar-refractivity contribution in [2.45, 2.75) is 52.1 Å². The molecule has 2 rings (SSSR count). The predicted octanol–water partition coefficient (Wildman–Crippen LogP) is 3.45. The number of halogens is 4. The van der Waals surface area contributed by atoms with Crippen LogP contribution in [0, 0.1) is 0 Å². The Balaban J connectivity index is 0.00000392. The second kappa shape index (κ2) is 9.94. The molecule has 0 aromatic carbocycles. The van der Waals surface area contributed by atoms with E-state index in [9.17, 15) is 18.0 Å². The molecule has 28 heavy (non-hydrogen) atoms. The van der Waals surface area contributed by atoms with Gasteiger partial charge in [-0.25, -0.2) is 14.8 Å². The molecule has 0 atom stereocenters. The summed E-state index contributed by atoms with van der Waals surface area (Å²) in [6.45, 7) is 8.87. The van der Waals surface area contributed by atoms with Crippen LogP contribution >= 0.6 is 35.3 Å². The zero-order valence-electron chi connectivity index (χ0n) is 16.1. The van der Waals surface area contributed by atoms with E-state index in [1.165, 1.54) is 0 Å². The molecule has 1 aliphatic rings. The predicted molar refractivity (Wildman–Crippen MR) is 112 cm³/mol. The van der Waals surface area contributed by atoms with Gasteiger partial charge in [-0.05, 0) is 27.7 Å². The van der Waals surface area contributed by atoms with Crippen LogP contribution in [0.5, 0.6) is 0 Å². The summed E-state index contributed by atoms with van der Waals surface area (Å²) >= 11 is 0.921. The minimum atomic E-state index is -4.45. The van der Waals surface area contributed by atoms with Crippen molar-refractivity contribution >= 4 is 47.4 Å². The van der Waals surface area contributed by atoms with E-state index in [-0.39, 0.29) is 47.7 Å². The molecule has 7 nitrogen and oxygen atoms in total. The molecule has 0 spiro atoms. The van der Waals surface area contributed by atoms with Crippen molar-refractivity contribution in [2.75, 3.05) is 19.6 Å². The lowest BCUT2D eigenvalue weighted by atomic mass is 10.1. The summed E-state index contributed by atoms with van der Waals surface area (Å²) in [5, 5.41) is 7.45. The number of nitrogens with zero attached hydrogens (tertiary/aromatic N) is 3. The Morgan fingerprint density at radius 3 is 2.54 bits per heavy atom. The fourth-order valence-corrected chi connectivity index (χ4v) is 2.94. The van der Waals surface area contributed by atoms with Gasteiger partial charge in [-0.3, -0.25) is 0 Å². The number of likely N-dealkylation sites (tertiary alicyclic amines) is 1. The topological polar surface area (TPSA) is 78.9 Å². The fourth-order valence-electron chi connectivity index (χ4n) is 2.22. The average Bonchev–Trinajstić information content (AvgIpc) is 2.94. The van der Waals surface area contributed by atoms with Gasteiger partial charge in [0.05, 0.1) is 12.6 Å². The molecule has 160 valence electrons. The van der Waals surface area contributed by atoms with Crippen molar-refractivity contribution < 1.29 is 22.7 Å². The van der Waals surface area contributed by atoms with Crippen molar-refractivity contribution in [3.05, 3.63) is 16.1 Å². The normalized spacial score (nSPS) is 15.5. The Kier molecular flexibility index (Phi) is 8.78. The summed E-state index contributed by atoms with van der Waals surface area (Å²) in [7, 11) is 0. The third-order valence-corrected chi connectivity index (χ3v) is 4.27. The van der Waals surface area contributed by atoms with E-state index in [1.54, 1.807) is 25.7 Å². The van der Waals surface area contributed by atoms with Crippen LogP contribution in [-0.2, 0) is 17.5 Å². The largest absolute Gasteiger partial charge is 0.444 e. The first-order valence-corrected chi connectivity index (χ1v) is 9.40. The molecular weight excluding hydrogens is 510 g/mol. The van der Waals surface area contributed by atoms with Crippen LogP contribution < -0.4 is 10.6 Å². The van der Waals surface area contributed by atoms with Gasteiger partial charge in [-0.1, -0.05) is 0 Å². The molecule has 1 amide bonds. The molecule has 0 bridgehead atoms. The second-order valence-corrected chi connectivity index (χ2v) is 7.99. The zero-order valence-corrected chi connectivity index (χ0v) is 19.2. The second-order valence-electron chi connectivity index (χ2n) is 7.05. The number of hydrogen-bond acceptors (Lipinski definition) is 5. The van der Waals surface area contributed by atoms with Gasteiger partial charge in [-0.2, -0.15) is 13.2 Å². The zero-order chi connectivity index (χ0) is 20.2. The molecule has 1 fully saturated rings. The summed E-state index contributed by atoms with van der Waals surface area (Å²) in [5.74, 6) is 0.468. The van der Waals surface area contributed by atoms with Gasteiger partial charge in [-0.15, -0.1) is 35.3 Å². The molecular formula is C16H25F3IN5O2S. The maximum atomic E-state index is 12.6. The number of alkyl halides is 3. The number of hydrogen-bond donors (Lipinski definition) is 2. The van der Waals surface area contributed by atoms with Crippen LogP contribution in [0.3, 0.4) is 0 Å². The first kappa shape index (κ1) is 24.7. The lowest BCUT2D eigenvalue weighted by Crippen LogP contribution is -2.63. The van der Waals surface area contributed by atoms with E-state index in [0.717, 1.165) is 16.7 Å². The van der Waals surface area contributed by atoms with Crippen molar-refractivity contribution in [3.63, 3.8) is 0 Å². The molecule has 0 radical (unpaired) electrons. The number of thiazole rings is 1. The number of rotatable bonds is 4. The highest BCUT2D eigenvalue weighted by Crippen LogP contribution is 2.30. The van der Waals surface area contributed by atoms with Gasteiger partial charge in [0.2, 0.25) is 0 Å². The van der Waals surface area contributed by atoms with Crippen LogP contribution in [0.2, 0.25) is 0 Å². The monoisotopic (exact) mass is 535 g/mol. The SMILES string of the molecule is CCNC(=NCc1nc(C(F)(F)F)cs1)NC1CN(C(=O)OC(C)(C)C)C1.I. The molecule has 0 aliphatic carbocycles. The van der Waals surface area contributed by atoms with Crippen LogP contribution in [0.4, 0.5) is 18.0 Å². The van der Waals surface area contributed by atoms with E-state index in [0.29, 0.717) is 25.6 Å². The number of ether oxygens (including phenoxy) is 1. The molecule has 1 aromatic heterocycles. The van der Waals surface area contributed by atoms with Crippen molar-refractivity contribution in [3.8, 4) is 0 Å². The first-order valence-electron chi connectivity index (χ1n) is 8.52. The quantitative estimate of drug-likeness (QED) is 0.351. The molecule has 12 heteroatoms. The molecule has 0 saturated carbocycles. The van der Waals surface area contributed by atoms with Crippen molar-refractivity contribution in [1.29, 1.82) is 0 Å². The lowest BCUT2D eigenvalue weighted by Gasteiger charge is -2.40. The first-order chi connectivity index (χ1) is 12.5. The summed E-state index contributed by atoms with van der Waals surface area (Å²) < 4.78 is 43.1. The van der Waals surface area contributed by atoms with Crippen LogP contribution in [0.15, 0.2) is 10.4 Å². The molecule has 0 unspecified atom stereocenters. The standard InChI is InChI=1S/C16H24F3N5O2S.HI/c1-5-20-13(21-6-12-23-11(9-27-12)16(17,18)19)22-10-7-24(8-10)14(25)26-15(2,3)4;/h9-10H,5-8H2,1-4H3,(H2,20,21,22);1H. The number of guanidine groups is 1. The smallest absolute Gasteiger partial charge is 0.434 e. The fraction of sp³-hybridized carbons (Fsp3) is 0.688. The highest BCUT2D eigenvalue weighted by Gasteiger charge is 2.35. The summed E-state index contributed by atoms with van der Waals surface area (Å²) in [6.07, 6.45) is -4.82. The van der Waals surface area contributed by atoms with E-state index in [4.69, 9.17) is 4.74 Å². The Morgan fingerprint density at radius 2 is 2.04 bits per heavy atom. The Morgan fingerprint density at radius 1 is 1.39 bits per heavy atom. The maximum absolute atomic E-state index is 12.6. The molecule has 1 saturated heterocycles. The lowest BCUT2D eigenvalue weighted by molar-refractivity contribution is -0.140.